The van der Waals surface area contributed by atoms with Crippen molar-refractivity contribution in [3.05, 3.63) is 35.5 Å². The number of carboxylic acids is 1. The highest BCUT2D eigenvalue weighted by Gasteiger charge is 2.18. The number of nitrogens with zero attached hydrogens (tertiary/aromatic N) is 2. The van der Waals surface area contributed by atoms with Crippen molar-refractivity contribution in [1.82, 2.24) is 9.97 Å². The predicted molar refractivity (Wildman–Crippen MR) is 92.6 cm³/mol. The summed E-state index contributed by atoms with van der Waals surface area (Å²) in [5.41, 5.74) is 1.19. The molecule has 0 spiro atoms. The molecule has 1 aromatic carbocycles. The smallest absolute Gasteiger partial charge is 0.341 e. The van der Waals surface area contributed by atoms with Crippen molar-refractivity contribution in [3.8, 4) is 5.75 Å². The van der Waals surface area contributed by atoms with Gasteiger partial charge in [-0.25, -0.2) is 14.8 Å². The molecule has 0 radical (unpaired) electrons. The van der Waals surface area contributed by atoms with Gasteiger partial charge in [-0.2, -0.15) is 0 Å². The summed E-state index contributed by atoms with van der Waals surface area (Å²) >= 11 is 1.35. The predicted octanol–water partition coefficient (Wildman–Crippen LogP) is 2.97. The van der Waals surface area contributed by atoms with E-state index in [0.717, 1.165) is 0 Å². The van der Waals surface area contributed by atoms with Crippen molar-refractivity contribution < 1.29 is 19.4 Å². The zero-order valence-corrected chi connectivity index (χ0v) is 14.5. The van der Waals surface area contributed by atoms with Crippen LogP contribution in [0.1, 0.15) is 16.1 Å². The van der Waals surface area contributed by atoms with E-state index in [4.69, 9.17) is 9.47 Å². The highest BCUT2D eigenvalue weighted by molar-refractivity contribution is 7.98. The summed E-state index contributed by atoms with van der Waals surface area (Å²) in [6.07, 6.45) is 1.84. The number of methoxy groups -OCH3 is 1. The Morgan fingerprint density at radius 2 is 1.96 bits per heavy atom. The van der Waals surface area contributed by atoms with Crippen LogP contribution in [0, 0.1) is 6.92 Å². The fraction of sp³-hybridized carbons (Fsp3) is 0.312. The molecule has 0 aliphatic heterocycles. The molecule has 0 saturated heterocycles. The van der Waals surface area contributed by atoms with E-state index >= 15 is 0 Å². The average molecular weight is 349 g/mol. The molecule has 0 aliphatic carbocycles. The fourth-order valence-corrected chi connectivity index (χ4v) is 2.41. The number of ether oxygens (including phenoxy) is 2. The number of aryl methyl sites for hydroxylation is 1. The van der Waals surface area contributed by atoms with Crippen LogP contribution in [0.3, 0.4) is 0 Å². The first-order valence-electron chi connectivity index (χ1n) is 7.20. The summed E-state index contributed by atoms with van der Waals surface area (Å²) in [5.74, 6) is -0.0886. The van der Waals surface area contributed by atoms with Crippen LogP contribution in [0.2, 0.25) is 0 Å². The van der Waals surface area contributed by atoms with Crippen LogP contribution in [0.15, 0.2) is 29.4 Å². The van der Waals surface area contributed by atoms with E-state index in [1.54, 1.807) is 38.3 Å². The molecule has 2 rings (SSSR count). The first-order valence-corrected chi connectivity index (χ1v) is 8.42. The number of hydrogen-bond acceptors (Lipinski definition) is 7. The van der Waals surface area contributed by atoms with Gasteiger partial charge < -0.3 is 19.9 Å². The summed E-state index contributed by atoms with van der Waals surface area (Å²) < 4.78 is 10.4. The summed E-state index contributed by atoms with van der Waals surface area (Å²) in [6, 6.07) is 7.18. The molecule has 0 saturated carbocycles. The largest absolute Gasteiger partial charge is 0.491 e. The molecule has 7 nitrogen and oxygen atoms in total. The van der Waals surface area contributed by atoms with Crippen LogP contribution >= 0.6 is 11.8 Å². The second-order valence-electron chi connectivity index (χ2n) is 4.82. The Labute approximate surface area is 144 Å². The molecule has 1 aromatic heterocycles. The maximum absolute atomic E-state index is 11.5. The number of nitrogens with one attached hydrogen (secondary N) is 1. The van der Waals surface area contributed by atoms with E-state index in [9.17, 15) is 9.90 Å². The van der Waals surface area contributed by atoms with Gasteiger partial charge in [-0.1, -0.05) is 11.8 Å². The van der Waals surface area contributed by atoms with Crippen LogP contribution in [-0.4, -0.2) is 47.6 Å². The topological polar surface area (TPSA) is 93.6 Å². The Morgan fingerprint density at radius 1 is 1.25 bits per heavy atom. The molecule has 2 N–H and O–H groups in total. The summed E-state index contributed by atoms with van der Waals surface area (Å²) in [4.78, 5) is 19.9. The molecule has 1 heterocycles. The molecule has 8 heteroatoms. The van der Waals surface area contributed by atoms with E-state index in [0.29, 0.717) is 35.5 Å². The van der Waals surface area contributed by atoms with Crippen molar-refractivity contribution in [2.24, 2.45) is 0 Å². The lowest BCUT2D eigenvalue weighted by Gasteiger charge is -2.12. The molecule has 0 unspecified atom stereocenters. The maximum Gasteiger partial charge on any atom is 0.341 e. The lowest BCUT2D eigenvalue weighted by Crippen LogP contribution is -2.10. The molecule has 0 bridgehead atoms. The van der Waals surface area contributed by atoms with Crippen LogP contribution in [0.25, 0.3) is 0 Å². The minimum Gasteiger partial charge on any atom is -0.491 e. The van der Waals surface area contributed by atoms with Crippen LogP contribution in [-0.2, 0) is 4.74 Å². The van der Waals surface area contributed by atoms with Crippen LogP contribution in [0.4, 0.5) is 11.5 Å². The number of anilines is 2. The number of benzene rings is 1. The van der Waals surface area contributed by atoms with E-state index in [-0.39, 0.29) is 11.4 Å². The third-order valence-electron chi connectivity index (χ3n) is 3.14. The van der Waals surface area contributed by atoms with Crippen LogP contribution in [0.5, 0.6) is 5.75 Å². The van der Waals surface area contributed by atoms with Gasteiger partial charge >= 0.3 is 5.97 Å². The third kappa shape index (κ3) is 4.59. The number of aromatic carboxylic acids is 1. The molecule has 128 valence electrons. The molecule has 0 amide bonds. The second-order valence-corrected chi connectivity index (χ2v) is 5.59. The minimum absolute atomic E-state index is 0.0632. The molecule has 0 aliphatic rings. The highest BCUT2D eigenvalue weighted by Crippen LogP contribution is 2.25. The average Bonchev–Trinajstić information content (AvgIpc) is 2.55. The van der Waals surface area contributed by atoms with Crippen molar-refractivity contribution >= 4 is 29.2 Å². The van der Waals surface area contributed by atoms with Gasteiger partial charge in [0, 0.05) is 12.8 Å². The molecule has 0 atom stereocenters. The van der Waals surface area contributed by atoms with Gasteiger partial charge in [0.2, 0.25) is 0 Å². The van der Waals surface area contributed by atoms with Gasteiger partial charge in [0.1, 0.15) is 23.7 Å². The second kappa shape index (κ2) is 8.51. The zero-order valence-electron chi connectivity index (χ0n) is 13.7. The van der Waals surface area contributed by atoms with Crippen molar-refractivity contribution in [2.75, 3.05) is 31.9 Å². The van der Waals surface area contributed by atoms with Gasteiger partial charge in [-0.05, 0) is 37.4 Å². The minimum atomic E-state index is -1.07. The quantitative estimate of drug-likeness (QED) is 0.427. The van der Waals surface area contributed by atoms with Gasteiger partial charge in [0.05, 0.1) is 12.3 Å². The molecule has 24 heavy (non-hydrogen) atoms. The maximum atomic E-state index is 11.5. The summed E-state index contributed by atoms with van der Waals surface area (Å²) in [6.45, 7) is 2.64. The zero-order chi connectivity index (χ0) is 17.5. The van der Waals surface area contributed by atoms with Gasteiger partial charge in [0.25, 0.3) is 0 Å². The highest BCUT2D eigenvalue weighted by atomic mass is 32.2. The number of rotatable bonds is 8. The Kier molecular flexibility index (Phi) is 6.39. The lowest BCUT2D eigenvalue weighted by atomic mass is 10.2. The van der Waals surface area contributed by atoms with Gasteiger partial charge in [-0.15, -0.1) is 0 Å². The van der Waals surface area contributed by atoms with Crippen LogP contribution < -0.4 is 10.1 Å². The Balaban J connectivity index is 2.21. The Morgan fingerprint density at radius 3 is 2.54 bits per heavy atom. The number of carboxylic acid groups (broad SMARTS) is 1. The first kappa shape index (κ1) is 18.0. The Bertz CT molecular complexity index is 707. The lowest BCUT2D eigenvalue weighted by molar-refractivity contribution is 0.0696. The number of carbonyl (C=O) groups is 1. The van der Waals surface area contributed by atoms with Crippen molar-refractivity contribution in [2.45, 2.75) is 12.1 Å². The fourth-order valence-electron chi connectivity index (χ4n) is 2.00. The number of aromatic nitrogens is 2. The summed E-state index contributed by atoms with van der Waals surface area (Å²) in [7, 11) is 1.61. The first-order chi connectivity index (χ1) is 11.5. The molecule has 2 aromatic rings. The number of hydrogen-bond donors (Lipinski definition) is 2. The summed E-state index contributed by atoms with van der Waals surface area (Å²) in [5, 5.41) is 12.9. The van der Waals surface area contributed by atoms with Crippen molar-refractivity contribution in [3.63, 3.8) is 0 Å². The van der Waals surface area contributed by atoms with Crippen molar-refractivity contribution in [1.29, 1.82) is 0 Å². The van der Waals surface area contributed by atoms with E-state index in [1.165, 1.54) is 11.8 Å². The normalized spacial score (nSPS) is 10.5. The molecule has 0 fully saturated rings. The van der Waals surface area contributed by atoms with E-state index in [2.05, 4.69) is 15.3 Å². The van der Waals surface area contributed by atoms with Gasteiger partial charge in [0.15, 0.2) is 5.16 Å². The standard InChI is InChI=1S/C16H19N3O4S/c1-10-13(15(20)21)14(19-16(17-10)24-3)18-11-4-6-12(7-5-11)23-9-8-22-2/h4-7H,8-9H2,1-3H3,(H,20,21)(H,17,18,19). The van der Waals surface area contributed by atoms with E-state index in [1.807, 2.05) is 6.26 Å². The monoisotopic (exact) mass is 349 g/mol. The Hall–Kier alpha value is -2.32. The molecular formula is C16H19N3O4S. The molecular weight excluding hydrogens is 330 g/mol. The third-order valence-corrected chi connectivity index (χ3v) is 3.69. The van der Waals surface area contributed by atoms with E-state index < -0.39 is 5.97 Å². The number of thioether (sulfide) groups is 1. The SMILES string of the molecule is COCCOc1ccc(Nc2nc(SC)nc(C)c2C(=O)O)cc1. The van der Waals surface area contributed by atoms with Gasteiger partial charge in [-0.3, -0.25) is 0 Å².